The van der Waals surface area contributed by atoms with E-state index in [4.69, 9.17) is 21.9 Å². The molecule has 1 aromatic heterocycles. The van der Waals surface area contributed by atoms with Crippen LogP contribution >= 0.6 is 27.5 Å². The molecule has 3 aromatic rings. The molecule has 0 amide bonds. The number of rotatable bonds is 2. The van der Waals surface area contributed by atoms with Crippen LogP contribution in [0.1, 0.15) is 0 Å². The van der Waals surface area contributed by atoms with Gasteiger partial charge in [-0.3, -0.25) is 0 Å². The highest BCUT2D eigenvalue weighted by Crippen LogP contribution is 2.38. The molecule has 3 rings (SSSR count). The number of aromatic nitrogens is 1. The third-order valence-corrected chi connectivity index (χ3v) is 3.67. The van der Waals surface area contributed by atoms with Crippen LogP contribution in [0, 0.1) is 5.82 Å². The first kappa shape index (κ1) is 14.1. The third kappa shape index (κ3) is 2.66. The Labute approximate surface area is 133 Å². The Bertz CT molecular complexity index is 799. The lowest BCUT2D eigenvalue weighted by molar-refractivity contribution is 0.439. The fourth-order valence-electron chi connectivity index (χ4n) is 2.11. The monoisotopic (exact) mass is 366 g/mol. The molecule has 21 heavy (non-hydrogen) atoms. The Kier molecular flexibility index (Phi) is 3.69. The first-order valence-corrected chi connectivity index (χ1v) is 7.20. The first-order valence-electron chi connectivity index (χ1n) is 6.03. The lowest BCUT2D eigenvalue weighted by Gasteiger charge is -2.05. The molecule has 3 nitrogen and oxygen atoms in total. The van der Waals surface area contributed by atoms with Crippen molar-refractivity contribution in [2.75, 3.05) is 5.73 Å². The fraction of sp³-hybridized carbons (Fsp3) is 0. The zero-order valence-electron chi connectivity index (χ0n) is 10.6. The Balaban J connectivity index is 2.24. The minimum absolute atomic E-state index is 0.0613. The molecule has 0 unspecified atom stereocenters. The van der Waals surface area contributed by atoms with E-state index in [9.17, 15) is 4.39 Å². The van der Waals surface area contributed by atoms with Crippen molar-refractivity contribution in [2.45, 2.75) is 0 Å². The fourth-order valence-corrected chi connectivity index (χ4v) is 2.97. The molecule has 106 valence electrons. The summed E-state index contributed by atoms with van der Waals surface area (Å²) in [5.41, 5.74) is 7.70. The zero-order valence-corrected chi connectivity index (χ0v) is 13.0. The highest BCUT2D eigenvalue weighted by Gasteiger charge is 2.20. The lowest BCUT2D eigenvalue weighted by atomic mass is 10.0. The van der Waals surface area contributed by atoms with Crippen molar-refractivity contribution < 1.29 is 8.91 Å². The van der Waals surface area contributed by atoms with Crippen molar-refractivity contribution in [3.63, 3.8) is 0 Å². The van der Waals surface area contributed by atoms with Gasteiger partial charge < -0.3 is 10.3 Å². The summed E-state index contributed by atoms with van der Waals surface area (Å²) in [5.74, 6) is -0.332. The molecule has 0 aliphatic carbocycles. The van der Waals surface area contributed by atoms with Crippen LogP contribution in [-0.2, 0) is 0 Å². The van der Waals surface area contributed by atoms with E-state index >= 15 is 0 Å². The summed E-state index contributed by atoms with van der Waals surface area (Å²) >= 11 is 9.41. The molecular formula is C15H9BrClFN2O. The summed E-state index contributed by atoms with van der Waals surface area (Å²) in [6, 6.07) is 11.6. The second-order valence-electron chi connectivity index (χ2n) is 4.41. The van der Waals surface area contributed by atoms with Gasteiger partial charge >= 0.3 is 0 Å². The van der Waals surface area contributed by atoms with Gasteiger partial charge in [-0.05, 0) is 24.3 Å². The minimum atomic E-state index is -0.394. The van der Waals surface area contributed by atoms with Crippen molar-refractivity contribution in [3.05, 3.63) is 57.8 Å². The Morgan fingerprint density at radius 2 is 1.95 bits per heavy atom. The van der Waals surface area contributed by atoms with Gasteiger partial charge in [-0.25, -0.2) is 4.39 Å². The molecule has 0 radical (unpaired) electrons. The van der Waals surface area contributed by atoms with E-state index in [1.54, 1.807) is 30.3 Å². The number of hydrogen-bond donors (Lipinski definition) is 1. The van der Waals surface area contributed by atoms with E-state index < -0.39 is 5.82 Å². The number of nitrogens with two attached hydrogens (primary N) is 1. The van der Waals surface area contributed by atoms with E-state index in [0.29, 0.717) is 27.4 Å². The van der Waals surface area contributed by atoms with Gasteiger partial charge in [0.1, 0.15) is 11.5 Å². The topological polar surface area (TPSA) is 52.0 Å². The van der Waals surface area contributed by atoms with Crippen molar-refractivity contribution in [3.8, 4) is 22.4 Å². The molecule has 0 saturated carbocycles. The van der Waals surface area contributed by atoms with Crippen molar-refractivity contribution in [2.24, 2.45) is 0 Å². The number of nitrogens with zero attached hydrogens (tertiary/aromatic N) is 1. The van der Waals surface area contributed by atoms with Crippen LogP contribution in [0.15, 0.2) is 51.5 Å². The average molecular weight is 368 g/mol. The Morgan fingerprint density at radius 1 is 1.19 bits per heavy atom. The number of anilines is 1. The summed E-state index contributed by atoms with van der Waals surface area (Å²) in [4.78, 5) is 0. The van der Waals surface area contributed by atoms with Gasteiger partial charge in [0.15, 0.2) is 0 Å². The highest BCUT2D eigenvalue weighted by atomic mass is 79.9. The van der Waals surface area contributed by atoms with E-state index in [0.717, 1.165) is 4.47 Å². The van der Waals surface area contributed by atoms with E-state index in [2.05, 4.69) is 21.1 Å². The summed E-state index contributed by atoms with van der Waals surface area (Å²) < 4.78 is 19.9. The molecule has 0 saturated heterocycles. The number of hydrogen-bond acceptors (Lipinski definition) is 3. The van der Waals surface area contributed by atoms with Crippen LogP contribution in [0.2, 0.25) is 5.02 Å². The van der Waals surface area contributed by atoms with Gasteiger partial charge in [0.2, 0.25) is 5.88 Å². The van der Waals surface area contributed by atoms with Crippen LogP contribution in [0.25, 0.3) is 22.4 Å². The van der Waals surface area contributed by atoms with E-state index in [1.807, 2.05) is 6.07 Å². The van der Waals surface area contributed by atoms with Gasteiger partial charge in [0.25, 0.3) is 0 Å². The predicted molar refractivity (Wildman–Crippen MR) is 84.5 cm³/mol. The predicted octanol–water partition coefficient (Wildman–Crippen LogP) is 5.15. The number of nitrogen functional groups attached to an aromatic ring is 1. The van der Waals surface area contributed by atoms with Gasteiger partial charge in [0, 0.05) is 20.6 Å². The number of halogens is 3. The van der Waals surface area contributed by atoms with Crippen LogP contribution in [0.5, 0.6) is 0 Å². The van der Waals surface area contributed by atoms with Gasteiger partial charge in [-0.2, -0.15) is 0 Å². The normalized spacial score (nSPS) is 10.8. The van der Waals surface area contributed by atoms with Gasteiger partial charge in [-0.15, -0.1) is 0 Å². The van der Waals surface area contributed by atoms with Gasteiger partial charge in [-0.1, -0.05) is 50.9 Å². The summed E-state index contributed by atoms with van der Waals surface area (Å²) in [6.07, 6.45) is 0. The maximum Gasteiger partial charge on any atom is 0.230 e. The molecule has 6 heteroatoms. The molecule has 0 atom stereocenters. The first-order chi connectivity index (χ1) is 10.1. The lowest BCUT2D eigenvalue weighted by Crippen LogP contribution is -1.90. The van der Waals surface area contributed by atoms with Crippen LogP contribution in [0.4, 0.5) is 10.3 Å². The molecule has 0 bridgehead atoms. The molecular weight excluding hydrogens is 359 g/mol. The second kappa shape index (κ2) is 5.50. The van der Waals surface area contributed by atoms with Gasteiger partial charge in [0.05, 0.1) is 5.56 Å². The molecule has 1 heterocycles. The Morgan fingerprint density at radius 3 is 2.67 bits per heavy atom. The second-order valence-corrected chi connectivity index (χ2v) is 5.76. The van der Waals surface area contributed by atoms with Crippen LogP contribution in [0.3, 0.4) is 0 Å². The van der Waals surface area contributed by atoms with Crippen molar-refractivity contribution >= 4 is 33.4 Å². The highest BCUT2D eigenvalue weighted by molar-refractivity contribution is 9.10. The molecule has 0 aliphatic heterocycles. The third-order valence-electron chi connectivity index (χ3n) is 3.00. The Hall–Kier alpha value is -1.85. The van der Waals surface area contributed by atoms with Crippen molar-refractivity contribution in [1.29, 1.82) is 0 Å². The summed E-state index contributed by atoms with van der Waals surface area (Å²) in [6.45, 7) is 0. The minimum Gasteiger partial charge on any atom is -0.367 e. The zero-order chi connectivity index (χ0) is 15.0. The maximum absolute atomic E-state index is 14.0. The SMILES string of the molecule is Nc1onc(-c2cc(Cl)cc(Br)c2)c1-c1ccccc1F. The molecule has 0 fully saturated rings. The summed E-state index contributed by atoms with van der Waals surface area (Å²) in [7, 11) is 0. The molecule has 0 aliphatic rings. The maximum atomic E-state index is 14.0. The van der Waals surface area contributed by atoms with Crippen LogP contribution in [-0.4, -0.2) is 5.16 Å². The quantitative estimate of drug-likeness (QED) is 0.682. The largest absolute Gasteiger partial charge is 0.367 e. The number of benzene rings is 2. The smallest absolute Gasteiger partial charge is 0.230 e. The standard InChI is InChI=1S/C15H9BrClFN2O/c16-9-5-8(6-10(17)7-9)14-13(15(19)21-20-14)11-3-1-2-4-12(11)18/h1-7H,19H2. The van der Waals surface area contributed by atoms with Crippen LogP contribution < -0.4 is 5.73 Å². The van der Waals surface area contributed by atoms with E-state index in [-0.39, 0.29) is 5.88 Å². The van der Waals surface area contributed by atoms with Crippen molar-refractivity contribution in [1.82, 2.24) is 5.16 Å². The molecule has 0 spiro atoms. The molecule has 2 N–H and O–H groups in total. The summed E-state index contributed by atoms with van der Waals surface area (Å²) in [5, 5.41) is 4.47. The van der Waals surface area contributed by atoms with E-state index in [1.165, 1.54) is 6.07 Å². The average Bonchev–Trinajstić information content (AvgIpc) is 2.80. The molecule has 2 aromatic carbocycles.